The molecule has 14 heteroatoms. The third-order valence-electron chi connectivity index (χ3n) is 4.64. The van der Waals surface area contributed by atoms with E-state index >= 15 is 0 Å². The SMILES string of the molecule is Cc1ccc(-c2cc(C(F)F)nc3sc(C(N)=O)c(NC(=O)Cn4ccc(C(F)(F)F)n4)c23)s1. The van der Waals surface area contributed by atoms with Crippen LogP contribution in [0.3, 0.4) is 0 Å². The predicted molar refractivity (Wildman–Crippen MR) is 117 cm³/mol. The third kappa shape index (κ3) is 4.63. The van der Waals surface area contributed by atoms with Gasteiger partial charge in [-0.25, -0.2) is 13.8 Å². The molecule has 0 aromatic carbocycles. The number of alkyl halides is 5. The van der Waals surface area contributed by atoms with Crippen LogP contribution >= 0.6 is 22.7 Å². The number of carbonyl (C=O) groups is 2. The van der Waals surface area contributed by atoms with E-state index in [4.69, 9.17) is 5.73 Å². The fourth-order valence-corrected chi connectivity index (χ4v) is 5.13. The highest BCUT2D eigenvalue weighted by Crippen LogP contribution is 2.44. The highest BCUT2D eigenvalue weighted by molar-refractivity contribution is 7.21. The number of fused-ring (bicyclic) bond motifs is 1. The van der Waals surface area contributed by atoms with Gasteiger partial charge in [-0.15, -0.1) is 22.7 Å². The summed E-state index contributed by atoms with van der Waals surface area (Å²) in [6.07, 6.45) is -6.57. The number of nitrogens with one attached hydrogen (secondary N) is 1. The van der Waals surface area contributed by atoms with Crippen molar-refractivity contribution in [3.8, 4) is 10.4 Å². The summed E-state index contributed by atoms with van der Waals surface area (Å²) in [6, 6.07) is 5.38. The zero-order chi connectivity index (χ0) is 24.8. The fraction of sp³-hybridized carbons (Fsp3) is 0.200. The van der Waals surface area contributed by atoms with Crippen LogP contribution in [0.25, 0.3) is 20.7 Å². The first kappa shape index (κ1) is 23.8. The lowest BCUT2D eigenvalue weighted by molar-refractivity contribution is -0.141. The van der Waals surface area contributed by atoms with Crippen LogP contribution in [0.4, 0.5) is 27.6 Å². The lowest BCUT2D eigenvalue weighted by Crippen LogP contribution is -2.21. The molecule has 0 saturated heterocycles. The Bertz CT molecular complexity index is 1410. The molecule has 4 aromatic heterocycles. The molecule has 34 heavy (non-hydrogen) atoms. The number of nitrogens with two attached hydrogens (primary N) is 1. The van der Waals surface area contributed by atoms with Crippen LogP contribution in [0.15, 0.2) is 30.5 Å². The standard InChI is InChI=1S/C20H14F5N5O2S2/c1-8-2-3-11(33-8)9-6-10(17(21)22)27-19-14(9)15(16(34-19)18(26)32)28-13(31)7-30-5-4-12(29-30)20(23,24)25/h2-6,17H,7H2,1H3,(H2,26,32)(H,28,31). The van der Waals surface area contributed by atoms with Crippen molar-refractivity contribution in [3.05, 3.63) is 51.6 Å². The van der Waals surface area contributed by atoms with E-state index in [0.717, 1.165) is 33.2 Å². The summed E-state index contributed by atoms with van der Waals surface area (Å²) in [6.45, 7) is 1.23. The van der Waals surface area contributed by atoms with Crippen LogP contribution in [0.1, 0.15) is 32.4 Å². The monoisotopic (exact) mass is 515 g/mol. The molecule has 4 heterocycles. The van der Waals surface area contributed by atoms with E-state index in [9.17, 15) is 31.5 Å². The minimum Gasteiger partial charge on any atom is -0.365 e. The van der Waals surface area contributed by atoms with Crippen molar-refractivity contribution < 1.29 is 31.5 Å². The van der Waals surface area contributed by atoms with E-state index in [2.05, 4.69) is 15.4 Å². The Morgan fingerprint density at radius 2 is 1.94 bits per heavy atom. The summed E-state index contributed by atoms with van der Waals surface area (Å²) in [4.78, 5) is 30.1. The summed E-state index contributed by atoms with van der Waals surface area (Å²) < 4.78 is 66.1. The van der Waals surface area contributed by atoms with Crippen molar-refractivity contribution in [2.45, 2.75) is 26.1 Å². The lowest BCUT2D eigenvalue weighted by Gasteiger charge is -2.10. The number of pyridine rings is 1. The summed E-state index contributed by atoms with van der Waals surface area (Å²) in [5.41, 5.74) is 4.04. The molecule has 0 saturated carbocycles. The Morgan fingerprint density at radius 3 is 2.50 bits per heavy atom. The molecular weight excluding hydrogens is 501 g/mol. The first-order valence-corrected chi connectivity index (χ1v) is 11.1. The van der Waals surface area contributed by atoms with Gasteiger partial charge in [-0.2, -0.15) is 18.3 Å². The Morgan fingerprint density at radius 1 is 1.21 bits per heavy atom. The van der Waals surface area contributed by atoms with Crippen LogP contribution in [0.5, 0.6) is 0 Å². The summed E-state index contributed by atoms with van der Waals surface area (Å²) in [7, 11) is 0. The number of halogens is 5. The van der Waals surface area contributed by atoms with E-state index in [1.165, 1.54) is 17.4 Å². The molecule has 0 aliphatic heterocycles. The Kier molecular flexibility index (Phi) is 6.12. The minimum absolute atomic E-state index is 0.0462. The van der Waals surface area contributed by atoms with Gasteiger partial charge >= 0.3 is 6.18 Å². The number of anilines is 1. The second-order valence-electron chi connectivity index (χ2n) is 7.10. The van der Waals surface area contributed by atoms with Crippen LogP contribution in [0, 0.1) is 6.92 Å². The Balaban J connectivity index is 1.79. The number of nitrogens with zero attached hydrogens (tertiary/aromatic N) is 3. The van der Waals surface area contributed by atoms with Gasteiger partial charge in [-0.1, -0.05) is 0 Å². The van der Waals surface area contributed by atoms with Gasteiger partial charge in [0.25, 0.3) is 12.3 Å². The number of rotatable bonds is 6. The molecule has 2 amide bonds. The quantitative estimate of drug-likeness (QED) is 0.344. The van der Waals surface area contributed by atoms with Crippen LogP contribution in [0.2, 0.25) is 0 Å². The zero-order valence-electron chi connectivity index (χ0n) is 17.1. The van der Waals surface area contributed by atoms with E-state index in [1.54, 1.807) is 12.1 Å². The van der Waals surface area contributed by atoms with Crippen molar-refractivity contribution in [3.63, 3.8) is 0 Å². The van der Waals surface area contributed by atoms with Gasteiger partial charge in [0.05, 0.1) is 5.69 Å². The van der Waals surface area contributed by atoms with Gasteiger partial charge < -0.3 is 11.1 Å². The number of amides is 2. The number of aromatic nitrogens is 3. The van der Waals surface area contributed by atoms with Crippen molar-refractivity contribution in [1.29, 1.82) is 0 Å². The van der Waals surface area contributed by atoms with E-state index in [0.29, 0.717) is 10.4 Å². The van der Waals surface area contributed by atoms with Crippen molar-refractivity contribution in [2.24, 2.45) is 5.73 Å². The Hall–Kier alpha value is -3.39. The topological polar surface area (TPSA) is 103 Å². The molecule has 0 bridgehead atoms. The fourth-order valence-electron chi connectivity index (χ4n) is 3.22. The minimum atomic E-state index is -4.67. The lowest BCUT2D eigenvalue weighted by atomic mass is 10.1. The molecule has 4 rings (SSSR count). The largest absolute Gasteiger partial charge is 0.435 e. The molecule has 178 valence electrons. The number of hydrogen-bond acceptors (Lipinski definition) is 6. The van der Waals surface area contributed by atoms with E-state index in [-0.39, 0.29) is 20.8 Å². The molecule has 0 fully saturated rings. The molecule has 0 radical (unpaired) electrons. The predicted octanol–water partition coefficient (Wildman–Crippen LogP) is 5.22. The average Bonchev–Trinajstić information content (AvgIpc) is 3.46. The smallest absolute Gasteiger partial charge is 0.365 e. The van der Waals surface area contributed by atoms with Gasteiger partial charge in [0.15, 0.2) is 5.69 Å². The first-order valence-electron chi connectivity index (χ1n) is 9.46. The molecule has 0 atom stereocenters. The summed E-state index contributed by atoms with van der Waals surface area (Å²) >= 11 is 2.05. The summed E-state index contributed by atoms with van der Waals surface area (Å²) in [5, 5.41) is 6.03. The molecule has 7 nitrogen and oxygen atoms in total. The number of hydrogen-bond donors (Lipinski definition) is 2. The number of primary amides is 1. The highest BCUT2D eigenvalue weighted by atomic mass is 32.1. The molecule has 3 N–H and O–H groups in total. The first-order chi connectivity index (χ1) is 15.9. The number of aryl methyl sites for hydroxylation is 1. The molecule has 0 spiro atoms. The van der Waals surface area contributed by atoms with Gasteiger partial charge in [-0.3, -0.25) is 14.3 Å². The van der Waals surface area contributed by atoms with Crippen molar-refractivity contribution in [2.75, 3.05) is 5.32 Å². The average molecular weight is 515 g/mol. The molecule has 0 aliphatic carbocycles. The van der Waals surface area contributed by atoms with Gasteiger partial charge in [0.2, 0.25) is 5.91 Å². The highest BCUT2D eigenvalue weighted by Gasteiger charge is 2.33. The molecule has 0 aliphatic rings. The van der Waals surface area contributed by atoms with Crippen molar-refractivity contribution in [1.82, 2.24) is 14.8 Å². The second-order valence-corrected chi connectivity index (χ2v) is 9.39. The van der Waals surface area contributed by atoms with Gasteiger partial charge in [0.1, 0.15) is 21.9 Å². The number of carbonyl (C=O) groups excluding carboxylic acids is 2. The third-order valence-corrected chi connectivity index (χ3v) is 6.77. The van der Waals surface area contributed by atoms with Crippen molar-refractivity contribution >= 4 is 50.4 Å². The van der Waals surface area contributed by atoms with Crippen LogP contribution in [-0.4, -0.2) is 26.6 Å². The van der Waals surface area contributed by atoms with Gasteiger partial charge in [0, 0.05) is 26.9 Å². The normalized spacial score (nSPS) is 12.0. The summed E-state index contributed by atoms with van der Waals surface area (Å²) in [5.74, 6) is -1.73. The molecular formula is C20H14F5N5O2S2. The second kappa shape index (κ2) is 8.76. The molecule has 0 unspecified atom stereocenters. The van der Waals surface area contributed by atoms with Crippen LogP contribution < -0.4 is 11.1 Å². The maximum absolute atomic E-state index is 13.5. The maximum Gasteiger partial charge on any atom is 0.435 e. The Labute approximate surface area is 196 Å². The molecule has 4 aromatic rings. The maximum atomic E-state index is 13.5. The van der Waals surface area contributed by atoms with E-state index < -0.39 is 42.3 Å². The van der Waals surface area contributed by atoms with Crippen LogP contribution in [-0.2, 0) is 17.5 Å². The van der Waals surface area contributed by atoms with E-state index in [1.807, 2.05) is 6.92 Å². The number of thiophene rings is 2. The van der Waals surface area contributed by atoms with Gasteiger partial charge in [-0.05, 0) is 31.2 Å². The zero-order valence-corrected chi connectivity index (χ0v) is 18.7.